The Hall–Kier alpha value is -1.48. The van der Waals surface area contributed by atoms with E-state index >= 15 is 0 Å². The molecule has 0 saturated carbocycles. The molecule has 0 N–H and O–H groups in total. The molecule has 1 aliphatic rings. The van der Waals surface area contributed by atoms with Crippen molar-refractivity contribution < 1.29 is 30.5 Å². The summed E-state index contributed by atoms with van der Waals surface area (Å²) in [6.07, 6.45) is 3.77. The number of nitrogens with zero attached hydrogens (tertiary/aromatic N) is 2. The Balaban J connectivity index is 0.00000115. The van der Waals surface area contributed by atoms with E-state index in [-0.39, 0.29) is 8.11 Å². The lowest BCUT2D eigenvalue weighted by Gasteiger charge is -2.21. The van der Waals surface area contributed by atoms with Crippen molar-refractivity contribution in [1.82, 2.24) is 0 Å². The Labute approximate surface area is 237 Å². The predicted octanol–water partition coefficient (Wildman–Crippen LogP) is 4.01. The van der Waals surface area contributed by atoms with Crippen LogP contribution in [0.25, 0.3) is 14.9 Å². The van der Waals surface area contributed by atoms with Crippen molar-refractivity contribution in [3.8, 4) is 0 Å². The number of aromatic nitrogens is 1. The van der Waals surface area contributed by atoms with Crippen molar-refractivity contribution in [3.63, 3.8) is 0 Å². The summed E-state index contributed by atoms with van der Waals surface area (Å²) < 4.78 is 70.7. The van der Waals surface area contributed by atoms with Crippen molar-refractivity contribution >= 4 is 109 Å². The van der Waals surface area contributed by atoms with E-state index in [4.69, 9.17) is 0 Å². The Bertz CT molecular complexity index is 1670. The highest BCUT2D eigenvalue weighted by atomic mass is 32.2. The van der Waals surface area contributed by atoms with Crippen LogP contribution in [0.5, 0.6) is 0 Å². The lowest BCUT2D eigenvalue weighted by atomic mass is 10.2. The first-order valence-corrected chi connectivity index (χ1v) is 17.7. The van der Waals surface area contributed by atoms with Crippen LogP contribution in [0.2, 0.25) is 0 Å². The molecule has 4 rings (SSSR count). The maximum atomic E-state index is 11.7. The van der Waals surface area contributed by atoms with Crippen LogP contribution < -0.4 is 17.6 Å². The molecule has 1 aliphatic heterocycles. The molecular formula is C19H19N2O8S8-. The molecule has 4 heterocycles. The lowest BCUT2D eigenvalue weighted by molar-refractivity contribution is -0.647. The molecule has 0 aliphatic carbocycles. The largest absolute Gasteiger partial charge is 0.747 e. The molecule has 0 fully saturated rings. The first-order chi connectivity index (χ1) is 17.3. The third kappa shape index (κ3) is 8.25. The minimum atomic E-state index is -4.64. The molecule has 0 unspecified atom stereocenters. The molecule has 202 valence electrons. The van der Waals surface area contributed by atoms with Crippen LogP contribution in [0.3, 0.4) is 0 Å². The summed E-state index contributed by atoms with van der Waals surface area (Å²) in [6.45, 7) is 13.8. The van der Waals surface area contributed by atoms with Gasteiger partial charge in [-0.05, 0) is 40.7 Å². The van der Waals surface area contributed by atoms with Gasteiger partial charge in [0.15, 0.2) is 14.1 Å². The number of hydrogen-bond donors (Lipinski definition) is 0. The number of rotatable bonds is 7. The van der Waals surface area contributed by atoms with Gasteiger partial charge < -0.3 is 14.0 Å². The zero-order valence-corrected chi connectivity index (χ0v) is 25.6. The topological polar surface area (TPSA) is 156 Å². The molecule has 18 heteroatoms. The predicted molar refractivity (Wildman–Crippen MR) is 154 cm³/mol. The fourth-order valence-corrected chi connectivity index (χ4v) is 11.8. The van der Waals surface area contributed by atoms with Crippen LogP contribution in [-0.4, -0.2) is 31.8 Å². The summed E-state index contributed by atoms with van der Waals surface area (Å²) in [6, 6.07) is 0. The lowest BCUT2D eigenvalue weighted by Crippen LogP contribution is -2.38. The van der Waals surface area contributed by atoms with Crippen LogP contribution >= 0.6 is 68.4 Å². The van der Waals surface area contributed by atoms with Gasteiger partial charge in [-0.2, -0.15) is 4.57 Å². The molecule has 0 saturated heterocycles. The fourth-order valence-electron chi connectivity index (χ4n) is 2.82. The van der Waals surface area contributed by atoms with Gasteiger partial charge in [0.1, 0.15) is 25.2 Å². The van der Waals surface area contributed by atoms with Gasteiger partial charge in [0.25, 0.3) is 18.0 Å². The van der Waals surface area contributed by atoms with E-state index < -0.39 is 32.0 Å². The second-order valence-corrected chi connectivity index (χ2v) is 16.2. The highest BCUT2D eigenvalue weighted by molar-refractivity contribution is 8.05. The summed E-state index contributed by atoms with van der Waals surface area (Å²) >= 11 is 5.97. The first kappa shape index (κ1) is 31.7. The second kappa shape index (κ2) is 13.0. The van der Waals surface area contributed by atoms with Gasteiger partial charge in [0.05, 0.1) is 5.03 Å². The number of hydrogen-bond acceptors (Lipinski definition) is 15. The van der Waals surface area contributed by atoms with Gasteiger partial charge in [-0.25, -0.2) is 16.8 Å². The average Bonchev–Trinajstić information content (AvgIpc) is 3.51. The highest BCUT2D eigenvalue weighted by Gasteiger charge is 2.31. The highest BCUT2D eigenvalue weighted by Crippen LogP contribution is 2.50. The summed E-state index contributed by atoms with van der Waals surface area (Å²) in [5.74, 6) is -1.67. The van der Waals surface area contributed by atoms with Crippen molar-refractivity contribution in [2.75, 3.05) is 10.8 Å². The molecule has 37 heavy (non-hydrogen) atoms. The van der Waals surface area contributed by atoms with Gasteiger partial charge in [-0.15, -0.1) is 26.3 Å². The molecule has 3 aromatic heterocycles. The van der Waals surface area contributed by atoms with Gasteiger partial charge in [-0.3, -0.25) is 9.59 Å². The SMILES string of the molecule is C=C.C=C.CCC(/C=C1\Sc2sc(=O)sc2N1CS(=O)(=O)[O-])=C\c1sc2sc(=O)sc2[n+]1CS(=O)(=O)[O-]. The molecule has 0 spiro atoms. The minimum absolute atomic E-state index is 0.219. The minimum Gasteiger partial charge on any atom is -0.747 e. The Morgan fingerprint density at radius 1 is 0.946 bits per heavy atom. The van der Waals surface area contributed by atoms with Crippen molar-refractivity contribution in [2.45, 2.75) is 23.4 Å². The molecule has 0 atom stereocenters. The number of thiazole rings is 1. The molecule has 10 nitrogen and oxygen atoms in total. The smallest absolute Gasteiger partial charge is 0.295 e. The third-order valence-corrected chi connectivity index (χ3v) is 12.3. The summed E-state index contributed by atoms with van der Waals surface area (Å²) in [5.41, 5.74) is 0.659. The zero-order valence-electron chi connectivity index (χ0n) is 19.0. The number of thioether (sulfide) groups is 1. The Kier molecular flexibility index (Phi) is 11.2. The summed E-state index contributed by atoms with van der Waals surface area (Å²) in [7, 11) is -9.27. The Morgan fingerprint density at radius 3 is 2.14 bits per heavy atom. The molecule has 0 bridgehead atoms. The van der Waals surface area contributed by atoms with E-state index in [0.29, 0.717) is 40.1 Å². The van der Waals surface area contributed by atoms with Crippen LogP contribution in [-0.2, 0) is 26.1 Å². The van der Waals surface area contributed by atoms with Crippen LogP contribution in [0, 0.1) is 0 Å². The Morgan fingerprint density at radius 2 is 1.57 bits per heavy atom. The quantitative estimate of drug-likeness (QED) is 0.206. The maximum absolute atomic E-state index is 11.7. The van der Waals surface area contributed by atoms with Crippen molar-refractivity contribution in [3.05, 3.63) is 65.7 Å². The van der Waals surface area contributed by atoms with E-state index in [0.717, 1.165) is 45.3 Å². The molecule has 0 aromatic carbocycles. The molecule has 3 aromatic rings. The van der Waals surface area contributed by atoms with Crippen LogP contribution in [0.1, 0.15) is 18.4 Å². The van der Waals surface area contributed by atoms with E-state index in [1.54, 1.807) is 12.2 Å². The average molecular weight is 660 g/mol. The monoisotopic (exact) mass is 659 g/mol. The first-order valence-electron chi connectivity index (χ1n) is 9.68. The van der Waals surface area contributed by atoms with Gasteiger partial charge in [0.2, 0.25) is 5.88 Å². The van der Waals surface area contributed by atoms with E-state index in [9.17, 15) is 35.5 Å². The molecule has 0 radical (unpaired) electrons. The van der Waals surface area contributed by atoms with E-state index in [1.807, 2.05) is 6.92 Å². The van der Waals surface area contributed by atoms with Gasteiger partial charge in [0, 0.05) is 6.08 Å². The fraction of sp³-hybridized carbons (Fsp3) is 0.211. The number of anilines is 1. The van der Waals surface area contributed by atoms with Crippen molar-refractivity contribution in [1.29, 1.82) is 0 Å². The van der Waals surface area contributed by atoms with Crippen molar-refractivity contribution in [2.24, 2.45) is 0 Å². The van der Waals surface area contributed by atoms with Gasteiger partial charge >= 0.3 is 0 Å². The molecule has 0 amide bonds. The number of allylic oxidation sites excluding steroid dienone is 2. The third-order valence-electron chi connectivity index (χ3n) is 4.08. The van der Waals surface area contributed by atoms with Gasteiger partial charge in [-0.1, -0.05) is 52.7 Å². The van der Waals surface area contributed by atoms with E-state index in [1.165, 1.54) is 32.6 Å². The zero-order chi connectivity index (χ0) is 28.1. The van der Waals surface area contributed by atoms with Crippen LogP contribution in [0.4, 0.5) is 5.00 Å². The second-order valence-electron chi connectivity index (χ2n) is 6.42. The molecular weight excluding hydrogens is 641 g/mol. The van der Waals surface area contributed by atoms with Crippen LogP contribution in [0.15, 0.2) is 56.8 Å². The number of fused-ring (bicyclic) bond motifs is 2. The summed E-state index contributed by atoms with van der Waals surface area (Å²) in [4.78, 5) is 25.1. The van der Waals surface area contributed by atoms with E-state index in [2.05, 4.69) is 26.3 Å². The maximum Gasteiger partial charge on any atom is 0.295 e. The normalized spacial score (nSPS) is 14.7. The summed E-state index contributed by atoms with van der Waals surface area (Å²) in [5, 5.41) is 1.27. The standard InChI is InChI=1S/C15H12N2O8S8.2C2H4/c1-2-7(3-8-16(5-32(20,21)22)10-12(26-8)30-14(18)28-10)4-9-17(6-33(23,24)25)11-13(27-9)31-15(19)29-11;2*1-2/h3-4H,2,5-6H2,1H3,(H-,20,21,22,23,24,25);2*1-2H2/p-1.